The molecule has 164 valence electrons. The fraction of sp³-hybridized carbons (Fsp3) is 0.464. The normalized spacial score (nSPS) is 18.3. The summed E-state index contributed by atoms with van der Waals surface area (Å²) >= 11 is 0. The van der Waals surface area contributed by atoms with Gasteiger partial charge in [0.2, 0.25) is 0 Å². The van der Waals surface area contributed by atoms with E-state index in [2.05, 4.69) is 71.1 Å². The molecule has 3 heteroatoms. The van der Waals surface area contributed by atoms with Crippen LogP contribution in [-0.4, -0.2) is 32.4 Å². The number of nitrogens with zero attached hydrogens (tertiary/aromatic N) is 3. The lowest BCUT2D eigenvalue weighted by Crippen LogP contribution is -2.30. The molecule has 2 aromatic rings. The van der Waals surface area contributed by atoms with Crippen LogP contribution in [0.2, 0.25) is 0 Å². The number of rotatable bonds is 8. The molecule has 0 spiro atoms. The third-order valence-electron chi connectivity index (χ3n) is 6.66. The van der Waals surface area contributed by atoms with E-state index in [1.807, 2.05) is 6.08 Å². The average molecular weight is 416 g/mol. The van der Waals surface area contributed by atoms with Crippen LogP contribution in [0.1, 0.15) is 68.5 Å². The number of anilines is 2. The number of para-hydroxylation sites is 2. The summed E-state index contributed by atoms with van der Waals surface area (Å²) < 4.78 is 0. The summed E-state index contributed by atoms with van der Waals surface area (Å²) in [5.74, 6) is 0. The van der Waals surface area contributed by atoms with Crippen molar-refractivity contribution in [1.82, 2.24) is 0 Å². The molecule has 2 aliphatic rings. The number of benzene rings is 2. The molecule has 0 bridgehead atoms. The largest absolute Gasteiger partial charge is 0.371 e. The molecule has 31 heavy (non-hydrogen) atoms. The van der Waals surface area contributed by atoms with Crippen molar-refractivity contribution in [2.75, 3.05) is 36.0 Å². The number of hydrogen-bond donors (Lipinski definition) is 0. The maximum absolute atomic E-state index is 5.19. The van der Waals surface area contributed by atoms with Gasteiger partial charge in [-0.25, -0.2) is 0 Å². The van der Waals surface area contributed by atoms with Crippen LogP contribution in [0.4, 0.5) is 11.4 Å². The first-order chi connectivity index (χ1) is 15.4. The van der Waals surface area contributed by atoms with Crippen LogP contribution >= 0.6 is 0 Å². The van der Waals surface area contributed by atoms with Gasteiger partial charge in [0.05, 0.1) is 6.04 Å². The van der Waals surface area contributed by atoms with Crippen LogP contribution in [0.25, 0.3) is 0 Å². The SMILES string of the molecule is C=CCCC(N=Cc1ccccc1N1CCCCC1)c1ccccc1N1CCCCC1. The molecular weight excluding hydrogens is 378 g/mol. The molecule has 0 radical (unpaired) electrons. The monoisotopic (exact) mass is 415 g/mol. The van der Waals surface area contributed by atoms with Gasteiger partial charge in [0.1, 0.15) is 0 Å². The first-order valence-electron chi connectivity index (χ1n) is 12.2. The van der Waals surface area contributed by atoms with Crippen molar-refractivity contribution in [1.29, 1.82) is 0 Å². The average Bonchev–Trinajstić information content (AvgIpc) is 2.85. The zero-order chi connectivity index (χ0) is 21.3. The smallest absolute Gasteiger partial charge is 0.0772 e. The Balaban J connectivity index is 1.62. The lowest BCUT2D eigenvalue weighted by Gasteiger charge is -2.32. The maximum atomic E-state index is 5.19. The maximum Gasteiger partial charge on any atom is 0.0772 e. The van der Waals surface area contributed by atoms with Gasteiger partial charge in [0.15, 0.2) is 0 Å². The van der Waals surface area contributed by atoms with Crippen molar-refractivity contribution in [3.63, 3.8) is 0 Å². The number of allylic oxidation sites excluding steroid dienone is 1. The van der Waals surface area contributed by atoms with Crippen molar-refractivity contribution in [3.05, 3.63) is 72.3 Å². The van der Waals surface area contributed by atoms with Crippen molar-refractivity contribution >= 4 is 17.6 Å². The van der Waals surface area contributed by atoms with E-state index in [9.17, 15) is 0 Å². The van der Waals surface area contributed by atoms with Gasteiger partial charge in [-0.2, -0.15) is 0 Å². The molecule has 0 N–H and O–H groups in total. The molecule has 0 aliphatic carbocycles. The highest BCUT2D eigenvalue weighted by Gasteiger charge is 2.19. The Morgan fingerprint density at radius 1 is 0.774 bits per heavy atom. The van der Waals surface area contributed by atoms with E-state index < -0.39 is 0 Å². The molecule has 3 nitrogen and oxygen atoms in total. The quantitative estimate of drug-likeness (QED) is 0.349. The van der Waals surface area contributed by atoms with Crippen molar-refractivity contribution in [2.24, 2.45) is 4.99 Å². The second-order valence-corrected chi connectivity index (χ2v) is 8.87. The van der Waals surface area contributed by atoms with Crippen LogP contribution in [-0.2, 0) is 0 Å². The predicted molar refractivity (Wildman–Crippen MR) is 135 cm³/mol. The summed E-state index contributed by atoms with van der Waals surface area (Å²) in [4.78, 5) is 10.3. The Labute approximate surface area is 188 Å². The van der Waals surface area contributed by atoms with E-state index in [0.717, 1.165) is 39.0 Å². The second kappa shape index (κ2) is 11.2. The van der Waals surface area contributed by atoms with Crippen LogP contribution in [0, 0.1) is 0 Å². The van der Waals surface area contributed by atoms with E-state index >= 15 is 0 Å². The van der Waals surface area contributed by atoms with E-state index in [-0.39, 0.29) is 6.04 Å². The van der Waals surface area contributed by atoms with Crippen LogP contribution < -0.4 is 9.80 Å². The highest BCUT2D eigenvalue weighted by atomic mass is 15.1. The highest BCUT2D eigenvalue weighted by Crippen LogP contribution is 2.34. The minimum absolute atomic E-state index is 0.158. The number of piperidine rings is 2. The van der Waals surface area contributed by atoms with Gasteiger partial charge in [-0.1, -0.05) is 42.5 Å². The van der Waals surface area contributed by atoms with Crippen LogP contribution in [0.5, 0.6) is 0 Å². The number of aliphatic imine (C=N–C) groups is 1. The molecule has 2 fully saturated rings. The third kappa shape index (κ3) is 5.58. The molecule has 2 aromatic carbocycles. The van der Waals surface area contributed by atoms with E-state index in [1.165, 1.54) is 61.0 Å². The van der Waals surface area contributed by atoms with Gasteiger partial charge in [-0.3, -0.25) is 4.99 Å². The Morgan fingerprint density at radius 2 is 1.35 bits per heavy atom. The van der Waals surface area contributed by atoms with Crippen molar-refractivity contribution < 1.29 is 0 Å². The van der Waals surface area contributed by atoms with Crippen LogP contribution in [0.3, 0.4) is 0 Å². The van der Waals surface area contributed by atoms with Gasteiger partial charge in [0, 0.05) is 49.3 Å². The van der Waals surface area contributed by atoms with Gasteiger partial charge < -0.3 is 9.80 Å². The zero-order valence-electron chi connectivity index (χ0n) is 18.9. The summed E-state index contributed by atoms with van der Waals surface area (Å²) in [6.45, 7) is 8.59. The molecule has 4 rings (SSSR count). The highest BCUT2D eigenvalue weighted by molar-refractivity contribution is 5.88. The Bertz CT molecular complexity index is 860. The van der Waals surface area contributed by atoms with Crippen LogP contribution in [0.15, 0.2) is 66.2 Å². The topological polar surface area (TPSA) is 18.8 Å². The second-order valence-electron chi connectivity index (χ2n) is 8.87. The predicted octanol–water partition coefficient (Wildman–Crippen LogP) is 6.79. The molecule has 1 atom stereocenters. The van der Waals surface area contributed by atoms with Crippen molar-refractivity contribution in [3.8, 4) is 0 Å². The molecule has 0 aromatic heterocycles. The third-order valence-corrected chi connectivity index (χ3v) is 6.66. The fourth-order valence-electron chi connectivity index (χ4n) is 4.97. The molecule has 1 unspecified atom stereocenters. The van der Waals surface area contributed by atoms with Gasteiger partial charge in [-0.15, -0.1) is 6.58 Å². The summed E-state index contributed by atoms with van der Waals surface area (Å²) in [5.41, 5.74) is 5.30. The Hall–Kier alpha value is -2.55. The fourth-order valence-corrected chi connectivity index (χ4v) is 4.97. The molecule has 2 aliphatic heterocycles. The number of hydrogen-bond acceptors (Lipinski definition) is 3. The summed E-state index contributed by atoms with van der Waals surface area (Å²) in [6.07, 6.45) is 14.0. The van der Waals surface area contributed by atoms with E-state index in [0.29, 0.717) is 0 Å². The molecule has 2 saturated heterocycles. The summed E-state index contributed by atoms with van der Waals surface area (Å²) in [5, 5.41) is 0. The molecule has 0 saturated carbocycles. The minimum Gasteiger partial charge on any atom is -0.371 e. The zero-order valence-corrected chi connectivity index (χ0v) is 18.9. The van der Waals surface area contributed by atoms with E-state index in [1.54, 1.807) is 0 Å². The van der Waals surface area contributed by atoms with E-state index in [4.69, 9.17) is 4.99 Å². The standard InChI is InChI=1S/C28H37N3/c1-2-3-16-26(25-15-7-9-18-28(25)31-21-12-5-13-22-31)29-23-24-14-6-8-17-27(24)30-19-10-4-11-20-30/h2,6-9,14-15,17-18,23,26H,1,3-5,10-13,16,19-22H2. The first-order valence-corrected chi connectivity index (χ1v) is 12.2. The Morgan fingerprint density at radius 3 is 2.03 bits per heavy atom. The molecular formula is C28H37N3. The Kier molecular flexibility index (Phi) is 7.81. The lowest BCUT2D eigenvalue weighted by molar-refractivity contribution is 0.571. The summed E-state index contributed by atoms with van der Waals surface area (Å²) in [7, 11) is 0. The minimum atomic E-state index is 0.158. The van der Waals surface area contributed by atoms with Crippen molar-refractivity contribution in [2.45, 2.75) is 57.4 Å². The lowest BCUT2D eigenvalue weighted by atomic mass is 9.98. The van der Waals surface area contributed by atoms with Gasteiger partial charge >= 0.3 is 0 Å². The first kappa shape index (κ1) is 21.7. The summed E-state index contributed by atoms with van der Waals surface area (Å²) in [6, 6.07) is 17.8. The molecule has 2 heterocycles. The van der Waals surface area contributed by atoms with Gasteiger partial charge in [-0.05, 0) is 69.1 Å². The molecule has 0 amide bonds. The van der Waals surface area contributed by atoms with Gasteiger partial charge in [0.25, 0.3) is 0 Å².